The van der Waals surface area contributed by atoms with Crippen LogP contribution in [0.15, 0.2) is 12.3 Å². The topological polar surface area (TPSA) is 17.8 Å². The molecule has 0 unspecified atom stereocenters. The molecular formula is C5H6N2. The van der Waals surface area contributed by atoms with Crippen molar-refractivity contribution in [1.82, 2.24) is 9.78 Å². The van der Waals surface area contributed by atoms with E-state index in [-0.39, 0.29) is 0 Å². The van der Waals surface area contributed by atoms with Gasteiger partial charge in [0.2, 0.25) is 0 Å². The molecule has 1 aromatic rings. The second-order valence-corrected chi connectivity index (χ2v) is 1.38. The quantitative estimate of drug-likeness (QED) is 0.457. The fraction of sp³-hybridized carbons (Fsp3) is 0.200. The summed E-state index contributed by atoms with van der Waals surface area (Å²) in [6, 6.07) is 1.75. The molecule has 2 radical (unpaired) electrons. The highest BCUT2D eigenvalue weighted by Crippen LogP contribution is 1.88. The van der Waals surface area contributed by atoms with E-state index in [2.05, 4.69) is 5.10 Å². The minimum atomic E-state index is 0.694. The van der Waals surface area contributed by atoms with Crippen LogP contribution in [-0.4, -0.2) is 9.78 Å². The van der Waals surface area contributed by atoms with E-state index >= 15 is 0 Å². The largest absolute Gasteiger partial charge is 0.272 e. The van der Waals surface area contributed by atoms with E-state index in [0.717, 1.165) is 0 Å². The Bertz CT molecular complexity index is 138. The maximum atomic E-state index is 5.34. The Morgan fingerprint density at radius 1 is 1.86 bits per heavy atom. The zero-order valence-electron chi connectivity index (χ0n) is 4.13. The summed E-state index contributed by atoms with van der Waals surface area (Å²) >= 11 is 0. The van der Waals surface area contributed by atoms with Gasteiger partial charge in [0.15, 0.2) is 0 Å². The Morgan fingerprint density at radius 3 is 2.71 bits per heavy atom. The number of aryl methyl sites for hydroxylation is 1. The fourth-order valence-corrected chi connectivity index (χ4v) is 0.384. The summed E-state index contributed by atoms with van der Waals surface area (Å²) in [6.07, 6.45) is 1.66. The van der Waals surface area contributed by atoms with E-state index in [1.165, 1.54) is 0 Å². The summed E-state index contributed by atoms with van der Waals surface area (Å²) in [4.78, 5) is 0. The molecule has 0 fully saturated rings. The van der Waals surface area contributed by atoms with Crippen molar-refractivity contribution in [3.05, 3.63) is 24.9 Å². The second-order valence-electron chi connectivity index (χ2n) is 1.38. The van der Waals surface area contributed by atoms with Crippen molar-refractivity contribution in [3.63, 3.8) is 0 Å². The first-order chi connectivity index (χ1) is 3.30. The van der Waals surface area contributed by atoms with Crippen molar-refractivity contribution in [1.29, 1.82) is 0 Å². The molecular weight excluding hydrogens is 88.1 g/mol. The van der Waals surface area contributed by atoms with Crippen LogP contribution in [0.1, 0.15) is 5.69 Å². The Hall–Kier alpha value is -0.790. The maximum absolute atomic E-state index is 5.34. The fourth-order valence-electron chi connectivity index (χ4n) is 0.384. The zero-order chi connectivity index (χ0) is 5.28. The highest BCUT2D eigenvalue weighted by molar-refractivity contribution is 5.02. The van der Waals surface area contributed by atoms with Gasteiger partial charge in [-0.2, -0.15) is 5.10 Å². The molecule has 2 nitrogen and oxygen atoms in total. The third kappa shape index (κ3) is 0.633. The van der Waals surface area contributed by atoms with Gasteiger partial charge in [-0.1, -0.05) is 0 Å². The molecule has 0 bridgehead atoms. The van der Waals surface area contributed by atoms with E-state index in [4.69, 9.17) is 6.92 Å². The molecule has 0 saturated heterocycles. The minimum Gasteiger partial charge on any atom is -0.272 e. The highest BCUT2D eigenvalue weighted by atomic mass is 15.2. The third-order valence-corrected chi connectivity index (χ3v) is 0.859. The molecule has 0 aliphatic heterocycles. The summed E-state index contributed by atoms with van der Waals surface area (Å²) in [7, 11) is 1.80. The molecule has 0 spiro atoms. The van der Waals surface area contributed by atoms with Gasteiger partial charge in [0, 0.05) is 25.9 Å². The Labute approximate surface area is 42.8 Å². The smallest absolute Gasteiger partial charge is 0.0492 e. The van der Waals surface area contributed by atoms with E-state index in [1.54, 1.807) is 24.0 Å². The van der Waals surface area contributed by atoms with Crippen molar-refractivity contribution in [2.24, 2.45) is 7.05 Å². The molecule has 36 valence electrons. The molecule has 1 aromatic heterocycles. The van der Waals surface area contributed by atoms with Crippen molar-refractivity contribution in [3.8, 4) is 0 Å². The van der Waals surface area contributed by atoms with Gasteiger partial charge in [0.25, 0.3) is 0 Å². The van der Waals surface area contributed by atoms with E-state index in [9.17, 15) is 0 Å². The third-order valence-electron chi connectivity index (χ3n) is 0.859. The minimum absolute atomic E-state index is 0.694. The highest BCUT2D eigenvalue weighted by Gasteiger charge is 1.84. The molecule has 0 aliphatic rings. The predicted octanol–water partition coefficient (Wildman–Crippen LogP) is 0.479. The van der Waals surface area contributed by atoms with Crippen LogP contribution in [-0.2, 0) is 7.05 Å². The first-order valence-corrected chi connectivity index (χ1v) is 2.04. The molecule has 1 heterocycles. The lowest BCUT2D eigenvalue weighted by atomic mass is 10.5. The summed E-state index contributed by atoms with van der Waals surface area (Å²) in [5.74, 6) is 0. The zero-order valence-corrected chi connectivity index (χ0v) is 4.13. The van der Waals surface area contributed by atoms with Crippen LogP contribution >= 0.6 is 0 Å². The lowest BCUT2D eigenvalue weighted by molar-refractivity contribution is 0.753. The van der Waals surface area contributed by atoms with E-state index < -0.39 is 0 Å². The van der Waals surface area contributed by atoms with Crippen LogP contribution in [0.3, 0.4) is 0 Å². The van der Waals surface area contributed by atoms with Crippen LogP contribution in [0.4, 0.5) is 0 Å². The van der Waals surface area contributed by atoms with Crippen molar-refractivity contribution in [2.45, 2.75) is 0 Å². The van der Waals surface area contributed by atoms with Crippen molar-refractivity contribution in [2.75, 3.05) is 0 Å². The standard InChI is InChI=1S/C5H6N2/c1-5-3-4-6-7(5)2/h1,3-4H,2H3. The normalized spacial score (nSPS) is 9.43. The Kier molecular flexibility index (Phi) is 0.855. The average Bonchev–Trinajstić information content (AvgIpc) is 1.91. The van der Waals surface area contributed by atoms with Crippen LogP contribution in [0.25, 0.3) is 0 Å². The van der Waals surface area contributed by atoms with Crippen LogP contribution in [0, 0.1) is 6.92 Å². The molecule has 0 aliphatic carbocycles. The summed E-state index contributed by atoms with van der Waals surface area (Å²) in [5.41, 5.74) is 0.694. The Morgan fingerprint density at radius 2 is 2.57 bits per heavy atom. The molecule has 1 rings (SSSR count). The molecule has 0 N–H and O–H groups in total. The maximum Gasteiger partial charge on any atom is 0.0492 e. The number of aromatic nitrogens is 2. The average molecular weight is 94.1 g/mol. The number of hydrogen-bond acceptors (Lipinski definition) is 1. The predicted molar refractivity (Wildman–Crippen MR) is 26.6 cm³/mol. The molecule has 7 heavy (non-hydrogen) atoms. The number of hydrogen-bond donors (Lipinski definition) is 0. The second kappa shape index (κ2) is 1.37. The van der Waals surface area contributed by atoms with Crippen molar-refractivity contribution >= 4 is 0 Å². The van der Waals surface area contributed by atoms with Gasteiger partial charge in [-0.15, -0.1) is 0 Å². The summed E-state index contributed by atoms with van der Waals surface area (Å²) in [5, 5.41) is 3.81. The van der Waals surface area contributed by atoms with Gasteiger partial charge in [0.05, 0.1) is 0 Å². The lowest BCUT2D eigenvalue weighted by Crippen LogP contribution is -1.90. The van der Waals surface area contributed by atoms with Gasteiger partial charge in [0.1, 0.15) is 0 Å². The summed E-state index contributed by atoms with van der Waals surface area (Å²) in [6.45, 7) is 5.34. The summed E-state index contributed by atoms with van der Waals surface area (Å²) < 4.78 is 1.61. The number of rotatable bonds is 0. The van der Waals surface area contributed by atoms with Gasteiger partial charge in [-0.25, -0.2) is 0 Å². The van der Waals surface area contributed by atoms with Gasteiger partial charge in [-0.05, 0) is 6.07 Å². The molecule has 0 saturated carbocycles. The van der Waals surface area contributed by atoms with Gasteiger partial charge >= 0.3 is 0 Å². The van der Waals surface area contributed by atoms with Crippen LogP contribution < -0.4 is 0 Å². The first-order valence-electron chi connectivity index (χ1n) is 2.04. The van der Waals surface area contributed by atoms with E-state index in [0.29, 0.717) is 5.69 Å². The molecule has 0 aromatic carbocycles. The SMILES string of the molecule is [CH]c1ccnn1C. The lowest BCUT2D eigenvalue weighted by Gasteiger charge is -1.86. The molecule has 2 heteroatoms. The monoisotopic (exact) mass is 94.1 g/mol. The van der Waals surface area contributed by atoms with Gasteiger partial charge in [-0.3, -0.25) is 4.68 Å². The molecule has 0 atom stereocenters. The van der Waals surface area contributed by atoms with Gasteiger partial charge < -0.3 is 0 Å². The van der Waals surface area contributed by atoms with Crippen LogP contribution in [0.5, 0.6) is 0 Å². The Balaban J connectivity index is 3.12. The number of nitrogens with zero attached hydrogens (tertiary/aromatic N) is 2. The van der Waals surface area contributed by atoms with E-state index in [1.807, 2.05) is 0 Å². The van der Waals surface area contributed by atoms with Crippen molar-refractivity contribution < 1.29 is 0 Å². The first kappa shape index (κ1) is 4.37. The van der Waals surface area contributed by atoms with Crippen LogP contribution in [0.2, 0.25) is 0 Å². The molecule has 0 amide bonds.